The van der Waals surface area contributed by atoms with E-state index in [1.807, 2.05) is 29.2 Å². The molecule has 9 heteroatoms. The first-order chi connectivity index (χ1) is 13.6. The largest absolute Gasteiger partial charge is 0.368 e. The molecule has 2 aromatic carbocycles. The number of hydrogen-bond acceptors (Lipinski definition) is 7. The molecule has 3 aromatic rings. The Morgan fingerprint density at radius 1 is 1.11 bits per heavy atom. The van der Waals surface area contributed by atoms with Crippen molar-refractivity contribution in [2.75, 3.05) is 36.8 Å². The van der Waals surface area contributed by atoms with Gasteiger partial charge in [-0.25, -0.2) is 4.98 Å². The van der Waals surface area contributed by atoms with Crippen LogP contribution in [-0.4, -0.2) is 52.6 Å². The second-order valence-electron chi connectivity index (χ2n) is 6.38. The molecule has 144 valence electrons. The summed E-state index contributed by atoms with van der Waals surface area (Å²) in [5, 5.41) is 10.8. The number of thiazole rings is 1. The van der Waals surface area contributed by atoms with E-state index in [0.717, 1.165) is 33.3 Å². The first kappa shape index (κ1) is 18.7. The number of para-hydroxylation sites is 1. The quantitative estimate of drug-likeness (QED) is 0.360. The predicted octanol–water partition coefficient (Wildman–Crippen LogP) is 3.65. The summed E-state index contributed by atoms with van der Waals surface area (Å²) >= 11 is 3.10. The van der Waals surface area contributed by atoms with Crippen molar-refractivity contribution in [1.82, 2.24) is 9.88 Å². The van der Waals surface area contributed by atoms with Gasteiger partial charge in [0.15, 0.2) is 4.34 Å². The van der Waals surface area contributed by atoms with E-state index in [1.54, 1.807) is 23.5 Å². The molecule has 1 aromatic heterocycles. The highest BCUT2D eigenvalue weighted by Crippen LogP contribution is 2.29. The molecule has 4 rings (SSSR count). The highest BCUT2D eigenvalue weighted by atomic mass is 32.2. The molecular formula is C19H18N4O3S2. The minimum Gasteiger partial charge on any atom is -0.368 e. The molecule has 0 atom stereocenters. The second kappa shape index (κ2) is 8.15. The number of nitro groups is 1. The zero-order valence-electron chi connectivity index (χ0n) is 15.0. The van der Waals surface area contributed by atoms with Crippen molar-refractivity contribution < 1.29 is 9.72 Å². The minimum absolute atomic E-state index is 0.0874. The van der Waals surface area contributed by atoms with Gasteiger partial charge in [0.2, 0.25) is 5.91 Å². The van der Waals surface area contributed by atoms with E-state index in [2.05, 4.69) is 9.88 Å². The van der Waals surface area contributed by atoms with Crippen molar-refractivity contribution in [2.45, 2.75) is 4.34 Å². The van der Waals surface area contributed by atoms with E-state index < -0.39 is 4.92 Å². The molecule has 1 fully saturated rings. The lowest BCUT2D eigenvalue weighted by Gasteiger charge is -2.36. The van der Waals surface area contributed by atoms with E-state index in [1.165, 1.54) is 23.9 Å². The van der Waals surface area contributed by atoms with E-state index in [-0.39, 0.29) is 11.6 Å². The van der Waals surface area contributed by atoms with Crippen LogP contribution in [-0.2, 0) is 4.79 Å². The van der Waals surface area contributed by atoms with Crippen molar-refractivity contribution in [1.29, 1.82) is 0 Å². The number of thioether (sulfide) groups is 1. The molecule has 1 saturated heterocycles. The van der Waals surface area contributed by atoms with Gasteiger partial charge in [0.1, 0.15) is 0 Å². The topological polar surface area (TPSA) is 79.6 Å². The van der Waals surface area contributed by atoms with Crippen LogP contribution in [0.15, 0.2) is 52.9 Å². The standard InChI is InChI=1S/C19H18N4O3S2/c24-18(13-27-19-20-16-3-1-2-4-17(16)28-19)22-11-9-21(10-12-22)14-5-7-15(8-6-14)23(25)26/h1-8H,9-13H2. The van der Waals surface area contributed by atoms with Crippen LogP contribution < -0.4 is 4.90 Å². The van der Waals surface area contributed by atoms with E-state index in [9.17, 15) is 14.9 Å². The lowest BCUT2D eigenvalue weighted by molar-refractivity contribution is -0.384. The zero-order chi connectivity index (χ0) is 19.5. The number of anilines is 1. The monoisotopic (exact) mass is 414 g/mol. The number of benzene rings is 2. The van der Waals surface area contributed by atoms with Gasteiger partial charge in [-0.15, -0.1) is 11.3 Å². The smallest absolute Gasteiger partial charge is 0.269 e. The van der Waals surface area contributed by atoms with Crippen LogP contribution in [0.3, 0.4) is 0 Å². The molecule has 2 heterocycles. The summed E-state index contributed by atoms with van der Waals surface area (Å²) in [7, 11) is 0. The van der Waals surface area contributed by atoms with Crippen molar-refractivity contribution in [3.63, 3.8) is 0 Å². The van der Waals surface area contributed by atoms with Gasteiger partial charge in [-0.2, -0.15) is 0 Å². The number of fused-ring (bicyclic) bond motifs is 1. The molecule has 1 aliphatic rings. The number of rotatable bonds is 5. The number of nitrogens with zero attached hydrogens (tertiary/aromatic N) is 4. The summed E-state index contributed by atoms with van der Waals surface area (Å²) in [6.07, 6.45) is 0. The van der Waals surface area contributed by atoms with Gasteiger partial charge in [-0.05, 0) is 24.3 Å². The van der Waals surface area contributed by atoms with Gasteiger partial charge in [0, 0.05) is 44.0 Å². The predicted molar refractivity (Wildman–Crippen MR) is 112 cm³/mol. The Morgan fingerprint density at radius 2 is 1.82 bits per heavy atom. The molecule has 0 N–H and O–H groups in total. The van der Waals surface area contributed by atoms with E-state index in [0.29, 0.717) is 18.8 Å². The molecule has 1 amide bonds. The fourth-order valence-corrected chi connectivity index (χ4v) is 5.10. The van der Waals surface area contributed by atoms with Crippen LogP contribution >= 0.6 is 23.1 Å². The zero-order valence-corrected chi connectivity index (χ0v) is 16.6. The van der Waals surface area contributed by atoms with Gasteiger partial charge in [-0.1, -0.05) is 23.9 Å². The number of non-ortho nitro benzene ring substituents is 1. The van der Waals surface area contributed by atoms with Crippen molar-refractivity contribution >= 4 is 50.6 Å². The number of aromatic nitrogens is 1. The fraction of sp³-hybridized carbons (Fsp3) is 0.263. The maximum atomic E-state index is 12.5. The fourth-order valence-electron chi connectivity index (χ4n) is 3.13. The number of hydrogen-bond donors (Lipinski definition) is 0. The molecule has 0 aliphatic carbocycles. The Morgan fingerprint density at radius 3 is 2.50 bits per heavy atom. The number of carbonyl (C=O) groups excluding carboxylic acids is 1. The number of carbonyl (C=O) groups is 1. The Kier molecular flexibility index (Phi) is 5.45. The van der Waals surface area contributed by atoms with Gasteiger partial charge in [-0.3, -0.25) is 14.9 Å². The van der Waals surface area contributed by atoms with Crippen LogP contribution in [0, 0.1) is 10.1 Å². The highest BCUT2D eigenvalue weighted by Gasteiger charge is 2.22. The highest BCUT2D eigenvalue weighted by molar-refractivity contribution is 8.01. The number of amides is 1. The maximum absolute atomic E-state index is 12.5. The lowest BCUT2D eigenvalue weighted by atomic mass is 10.2. The van der Waals surface area contributed by atoms with Gasteiger partial charge in [0.05, 0.1) is 20.9 Å². The Labute approximate surface area is 170 Å². The third-order valence-corrected chi connectivity index (χ3v) is 6.82. The molecular weight excluding hydrogens is 396 g/mol. The van der Waals surface area contributed by atoms with Crippen molar-refractivity contribution in [3.05, 3.63) is 58.6 Å². The van der Waals surface area contributed by atoms with Gasteiger partial charge in [0.25, 0.3) is 5.69 Å². The molecule has 0 spiro atoms. The first-order valence-corrected chi connectivity index (χ1v) is 10.7. The molecule has 1 aliphatic heterocycles. The third-order valence-electron chi connectivity index (χ3n) is 4.65. The summed E-state index contributed by atoms with van der Waals surface area (Å²) in [4.78, 5) is 31.5. The molecule has 0 saturated carbocycles. The second-order valence-corrected chi connectivity index (χ2v) is 8.63. The summed E-state index contributed by atoms with van der Waals surface area (Å²) in [6, 6.07) is 14.5. The van der Waals surface area contributed by atoms with Crippen LogP contribution in [0.4, 0.5) is 11.4 Å². The van der Waals surface area contributed by atoms with Crippen LogP contribution in [0.2, 0.25) is 0 Å². The number of nitro benzene ring substituents is 1. The van der Waals surface area contributed by atoms with Crippen molar-refractivity contribution in [2.24, 2.45) is 0 Å². The van der Waals surface area contributed by atoms with Crippen LogP contribution in [0.25, 0.3) is 10.2 Å². The van der Waals surface area contributed by atoms with Crippen molar-refractivity contribution in [3.8, 4) is 0 Å². The van der Waals surface area contributed by atoms with E-state index in [4.69, 9.17) is 0 Å². The SMILES string of the molecule is O=C(CSc1nc2ccccc2s1)N1CCN(c2ccc([N+](=O)[O-])cc2)CC1. The summed E-state index contributed by atoms with van der Waals surface area (Å²) in [5.41, 5.74) is 2.00. The summed E-state index contributed by atoms with van der Waals surface area (Å²) in [5.74, 6) is 0.504. The van der Waals surface area contributed by atoms with Gasteiger partial charge >= 0.3 is 0 Å². The van der Waals surface area contributed by atoms with Crippen LogP contribution in [0.1, 0.15) is 0 Å². The maximum Gasteiger partial charge on any atom is 0.269 e. The molecule has 7 nitrogen and oxygen atoms in total. The lowest BCUT2D eigenvalue weighted by Crippen LogP contribution is -2.49. The third kappa shape index (κ3) is 4.10. The first-order valence-electron chi connectivity index (χ1n) is 8.86. The Hall–Kier alpha value is -2.65. The molecule has 0 radical (unpaired) electrons. The van der Waals surface area contributed by atoms with E-state index >= 15 is 0 Å². The summed E-state index contributed by atoms with van der Waals surface area (Å²) < 4.78 is 2.05. The van der Waals surface area contributed by atoms with Crippen LogP contribution in [0.5, 0.6) is 0 Å². The normalized spacial score (nSPS) is 14.4. The average molecular weight is 415 g/mol. The molecule has 0 unspecified atom stereocenters. The number of piperazine rings is 1. The molecule has 28 heavy (non-hydrogen) atoms. The average Bonchev–Trinajstić information content (AvgIpc) is 3.15. The molecule has 0 bridgehead atoms. The summed E-state index contributed by atoms with van der Waals surface area (Å²) in [6.45, 7) is 2.73. The van der Waals surface area contributed by atoms with Gasteiger partial charge < -0.3 is 9.80 Å². The Bertz CT molecular complexity index is 965. The minimum atomic E-state index is -0.399. The Balaban J connectivity index is 1.29.